The van der Waals surface area contributed by atoms with Crippen molar-refractivity contribution in [3.63, 3.8) is 0 Å². The molecule has 0 atom stereocenters. The fraction of sp³-hybridized carbons (Fsp3) is 0.263. The highest BCUT2D eigenvalue weighted by molar-refractivity contribution is 6.02. The van der Waals surface area contributed by atoms with Crippen molar-refractivity contribution in [2.24, 2.45) is 0 Å². The Balaban J connectivity index is 2.16. The largest absolute Gasteiger partial charge is 0.497 e. The minimum atomic E-state index is -4.48. The summed E-state index contributed by atoms with van der Waals surface area (Å²) in [6.07, 6.45) is -4.48. The second-order valence-electron chi connectivity index (χ2n) is 5.76. The Hall–Kier alpha value is -3.23. The Morgan fingerprint density at radius 1 is 1.04 bits per heavy atom. The van der Waals surface area contributed by atoms with Gasteiger partial charge in [-0.3, -0.25) is 9.59 Å². The smallest absolute Gasteiger partial charge is 0.416 e. The molecule has 6 nitrogen and oxygen atoms in total. The van der Waals surface area contributed by atoms with Gasteiger partial charge in [-0.25, -0.2) is 0 Å². The van der Waals surface area contributed by atoms with Gasteiger partial charge in [0.1, 0.15) is 18.0 Å². The number of benzene rings is 2. The topological polar surface area (TPSA) is 67.9 Å². The van der Waals surface area contributed by atoms with Crippen LogP contribution in [-0.4, -0.2) is 32.6 Å². The summed E-state index contributed by atoms with van der Waals surface area (Å²) < 4.78 is 48.3. The van der Waals surface area contributed by atoms with Crippen LogP contribution in [0.15, 0.2) is 42.5 Å². The van der Waals surface area contributed by atoms with Gasteiger partial charge < -0.3 is 19.7 Å². The molecule has 1 N–H and O–H groups in total. The first-order valence-corrected chi connectivity index (χ1v) is 8.13. The highest BCUT2D eigenvalue weighted by Gasteiger charge is 2.30. The number of hydrogen-bond donors (Lipinski definition) is 1. The summed E-state index contributed by atoms with van der Waals surface area (Å²) >= 11 is 0. The number of amides is 2. The molecule has 0 bridgehead atoms. The zero-order chi connectivity index (χ0) is 20.9. The van der Waals surface area contributed by atoms with Gasteiger partial charge in [0.25, 0.3) is 0 Å². The average Bonchev–Trinajstić information content (AvgIpc) is 2.65. The molecule has 2 aromatic rings. The van der Waals surface area contributed by atoms with Gasteiger partial charge in [0, 0.05) is 18.7 Å². The highest BCUT2D eigenvalue weighted by Crippen LogP contribution is 2.31. The van der Waals surface area contributed by atoms with Gasteiger partial charge in [0.15, 0.2) is 0 Å². The second-order valence-corrected chi connectivity index (χ2v) is 5.76. The van der Waals surface area contributed by atoms with Gasteiger partial charge in [0.05, 0.1) is 25.5 Å². The minimum Gasteiger partial charge on any atom is -0.497 e. The monoisotopic (exact) mass is 396 g/mol. The normalized spacial score (nSPS) is 10.9. The number of anilines is 2. The Morgan fingerprint density at radius 2 is 1.68 bits per heavy atom. The first-order chi connectivity index (χ1) is 13.2. The number of hydrogen-bond acceptors (Lipinski definition) is 4. The maximum Gasteiger partial charge on any atom is 0.416 e. The number of ether oxygens (including phenoxy) is 2. The van der Waals surface area contributed by atoms with Crippen molar-refractivity contribution in [3.05, 3.63) is 48.0 Å². The maximum atomic E-state index is 12.7. The predicted octanol–water partition coefficient (Wildman–Crippen LogP) is 3.71. The van der Waals surface area contributed by atoms with Crippen molar-refractivity contribution in [2.45, 2.75) is 13.1 Å². The molecule has 0 radical (unpaired) electrons. The highest BCUT2D eigenvalue weighted by atomic mass is 19.4. The molecule has 9 heteroatoms. The van der Waals surface area contributed by atoms with Crippen molar-refractivity contribution in [3.8, 4) is 11.5 Å². The third-order valence-corrected chi connectivity index (χ3v) is 3.87. The molecule has 0 spiro atoms. The second kappa shape index (κ2) is 8.64. The Morgan fingerprint density at radius 3 is 2.18 bits per heavy atom. The van der Waals surface area contributed by atoms with Gasteiger partial charge in [-0.05, 0) is 36.4 Å². The number of halogens is 3. The zero-order valence-corrected chi connectivity index (χ0v) is 15.5. The van der Waals surface area contributed by atoms with Crippen LogP contribution < -0.4 is 19.7 Å². The van der Waals surface area contributed by atoms with Crippen molar-refractivity contribution in [2.75, 3.05) is 31.0 Å². The first kappa shape index (κ1) is 21.1. The van der Waals surface area contributed by atoms with E-state index in [-0.39, 0.29) is 12.2 Å². The lowest BCUT2D eigenvalue weighted by atomic mass is 10.2. The quantitative estimate of drug-likeness (QED) is 0.808. The Labute approximate surface area is 159 Å². The molecule has 0 heterocycles. The molecular formula is C19H19F3N2O4. The van der Waals surface area contributed by atoms with E-state index in [1.807, 2.05) is 0 Å². The fourth-order valence-electron chi connectivity index (χ4n) is 2.45. The van der Waals surface area contributed by atoms with Gasteiger partial charge in [-0.2, -0.15) is 13.2 Å². The molecule has 2 rings (SSSR count). The number of rotatable bonds is 6. The zero-order valence-electron chi connectivity index (χ0n) is 15.5. The van der Waals surface area contributed by atoms with Crippen LogP contribution >= 0.6 is 0 Å². The summed E-state index contributed by atoms with van der Waals surface area (Å²) in [7, 11) is 2.91. The molecule has 0 saturated heterocycles. The van der Waals surface area contributed by atoms with E-state index in [1.54, 1.807) is 18.2 Å². The van der Waals surface area contributed by atoms with Crippen molar-refractivity contribution in [1.29, 1.82) is 0 Å². The number of carbonyl (C=O) groups excluding carboxylic acids is 2. The fourth-order valence-corrected chi connectivity index (χ4v) is 2.45. The molecule has 28 heavy (non-hydrogen) atoms. The van der Waals surface area contributed by atoms with Crippen LogP contribution in [0.4, 0.5) is 24.5 Å². The van der Waals surface area contributed by atoms with Gasteiger partial charge in [-0.15, -0.1) is 0 Å². The van der Waals surface area contributed by atoms with Gasteiger partial charge in [0.2, 0.25) is 11.8 Å². The van der Waals surface area contributed by atoms with Crippen LogP contribution in [-0.2, 0) is 15.8 Å². The molecule has 0 saturated carbocycles. The van der Waals surface area contributed by atoms with Gasteiger partial charge >= 0.3 is 6.18 Å². The number of methoxy groups -OCH3 is 2. The Bertz CT molecular complexity index is 851. The van der Waals surface area contributed by atoms with E-state index in [4.69, 9.17) is 9.47 Å². The number of alkyl halides is 3. The summed E-state index contributed by atoms with van der Waals surface area (Å²) in [5.74, 6) is -0.142. The van der Waals surface area contributed by atoms with Crippen LogP contribution in [0.2, 0.25) is 0 Å². The number of nitrogens with one attached hydrogen (secondary N) is 1. The van der Waals surface area contributed by atoms with E-state index in [0.717, 1.165) is 29.2 Å². The molecule has 150 valence electrons. The summed E-state index contributed by atoms with van der Waals surface area (Å²) in [4.78, 5) is 25.4. The molecule has 0 aliphatic heterocycles. The molecule has 0 unspecified atom stereocenters. The van der Waals surface area contributed by atoms with E-state index in [2.05, 4.69) is 5.32 Å². The standard InChI is InChI=1S/C19H19F3N2O4/c1-12(25)24(14-6-4-13(5-7-14)19(20,21)22)11-18(26)23-16-9-8-15(27-2)10-17(16)28-3/h4-10H,11H2,1-3H3,(H,23,26). The molecule has 0 aliphatic rings. The number of nitrogens with zero attached hydrogens (tertiary/aromatic N) is 1. The minimum absolute atomic E-state index is 0.178. The summed E-state index contributed by atoms with van der Waals surface area (Å²) in [6, 6.07) is 8.78. The van der Waals surface area contributed by atoms with Crippen molar-refractivity contribution < 1.29 is 32.2 Å². The van der Waals surface area contributed by atoms with Crippen LogP contribution in [0.25, 0.3) is 0 Å². The van der Waals surface area contributed by atoms with E-state index in [1.165, 1.54) is 21.1 Å². The summed E-state index contributed by atoms with van der Waals surface area (Å²) in [5, 5.41) is 2.61. The predicted molar refractivity (Wildman–Crippen MR) is 97.6 cm³/mol. The lowest BCUT2D eigenvalue weighted by molar-refractivity contribution is -0.137. The van der Waals surface area contributed by atoms with Crippen LogP contribution in [0.1, 0.15) is 12.5 Å². The molecule has 0 fully saturated rings. The van der Waals surface area contributed by atoms with Gasteiger partial charge in [-0.1, -0.05) is 0 Å². The third kappa shape index (κ3) is 5.15. The van der Waals surface area contributed by atoms with Crippen LogP contribution in [0.5, 0.6) is 11.5 Å². The van der Waals surface area contributed by atoms with E-state index in [0.29, 0.717) is 17.2 Å². The van der Waals surface area contributed by atoms with Crippen molar-refractivity contribution in [1.82, 2.24) is 0 Å². The molecule has 0 aromatic heterocycles. The maximum absolute atomic E-state index is 12.7. The lowest BCUT2D eigenvalue weighted by Gasteiger charge is -2.21. The molecule has 2 aromatic carbocycles. The molecular weight excluding hydrogens is 377 g/mol. The molecule has 2 amide bonds. The first-order valence-electron chi connectivity index (χ1n) is 8.13. The molecule has 0 aliphatic carbocycles. The lowest BCUT2D eigenvalue weighted by Crippen LogP contribution is -2.36. The Kier molecular flexibility index (Phi) is 6.50. The van der Waals surface area contributed by atoms with Crippen LogP contribution in [0, 0.1) is 0 Å². The van der Waals surface area contributed by atoms with Crippen molar-refractivity contribution >= 4 is 23.2 Å². The van der Waals surface area contributed by atoms with E-state index >= 15 is 0 Å². The van der Waals surface area contributed by atoms with Crippen LogP contribution in [0.3, 0.4) is 0 Å². The summed E-state index contributed by atoms with van der Waals surface area (Å²) in [5.41, 5.74) is -0.297. The van der Waals surface area contributed by atoms with E-state index < -0.39 is 23.6 Å². The average molecular weight is 396 g/mol. The third-order valence-electron chi connectivity index (χ3n) is 3.87. The summed E-state index contributed by atoms with van der Waals surface area (Å²) in [6.45, 7) is 0.842. The van der Waals surface area contributed by atoms with E-state index in [9.17, 15) is 22.8 Å². The number of carbonyl (C=O) groups is 2. The SMILES string of the molecule is COc1ccc(NC(=O)CN(C(C)=O)c2ccc(C(F)(F)F)cc2)c(OC)c1.